The summed E-state index contributed by atoms with van der Waals surface area (Å²) in [5, 5.41) is 0. The third-order valence-corrected chi connectivity index (χ3v) is 3.23. The van der Waals surface area contributed by atoms with Gasteiger partial charge in [0.1, 0.15) is 12.4 Å². The van der Waals surface area contributed by atoms with Crippen molar-refractivity contribution in [3.05, 3.63) is 5.82 Å². The summed E-state index contributed by atoms with van der Waals surface area (Å²) >= 11 is 0. The number of amides is 1. The highest BCUT2D eigenvalue weighted by molar-refractivity contribution is 5.84. The lowest BCUT2D eigenvalue weighted by Gasteiger charge is -2.19. The molecule has 0 unspecified atom stereocenters. The molecule has 110 valence electrons. The summed E-state index contributed by atoms with van der Waals surface area (Å²) in [5.41, 5.74) is 0. The molecular weight excluding hydrogens is 256 g/mol. The van der Waals surface area contributed by atoms with E-state index < -0.39 is 0 Å². The summed E-state index contributed by atoms with van der Waals surface area (Å²) in [6.45, 7) is 7.65. The second kappa shape index (κ2) is 5.60. The summed E-state index contributed by atoms with van der Waals surface area (Å²) < 4.78 is 0. The first kappa shape index (κ1) is 14.5. The van der Waals surface area contributed by atoms with E-state index in [0.29, 0.717) is 31.7 Å². The molecule has 1 amide bonds. The molecule has 2 heterocycles. The Morgan fingerprint density at radius 2 is 1.95 bits per heavy atom. The van der Waals surface area contributed by atoms with Gasteiger partial charge in [-0.15, -0.1) is 0 Å². The number of hydrogen-bond donors (Lipinski definition) is 0. The molecule has 1 fully saturated rings. The quantitative estimate of drug-likeness (QED) is 0.807. The first-order chi connectivity index (χ1) is 9.42. The van der Waals surface area contributed by atoms with Gasteiger partial charge in [-0.3, -0.25) is 4.79 Å². The fourth-order valence-electron chi connectivity index (χ4n) is 1.98. The van der Waals surface area contributed by atoms with Crippen LogP contribution in [-0.2, 0) is 4.79 Å². The number of aromatic nitrogens is 3. The van der Waals surface area contributed by atoms with Crippen LogP contribution < -0.4 is 9.80 Å². The molecule has 7 heteroatoms. The van der Waals surface area contributed by atoms with Gasteiger partial charge in [-0.05, 0) is 6.92 Å². The van der Waals surface area contributed by atoms with Gasteiger partial charge in [0.2, 0.25) is 17.8 Å². The summed E-state index contributed by atoms with van der Waals surface area (Å²) in [7, 11) is 3.80. The van der Waals surface area contributed by atoms with Crippen molar-refractivity contribution in [2.24, 2.45) is 0 Å². The maximum absolute atomic E-state index is 11.8. The molecule has 0 N–H and O–H groups in total. The fourth-order valence-corrected chi connectivity index (χ4v) is 1.98. The first-order valence-electron chi connectivity index (χ1n) is 6.88. The maximum Gasteiger partial charge on any atom is 0.243 e. The van der Waals surface area contributed by atoms with Crippen LogP contribution in [0.2, 0.25) is 0 Å². The number of likely N-dealkylation sites (N-methyl/N-ethyl adjacent to an activating group) is 1. The molecule has 7 nitrogen and oxygen atoms in total. The van der Waals surface area contributed by atoms with Crippen LogP contribution in [-0.4, -0.2) is 59.6 Å². The molecule has 0 atom stereocenters. The second-order valence-electron chi connectivity index (χ2n) is 5.43. The zero-order chi connectivity index (χ0) is 14.9. The van der Waals surface area contributed by atoms with Gasteiger partial charge in [0.25, 0.3) is 0 Å². The Morgan fingerprint density at radius 3 is 2.45 bits per heavy atom. The van der Waals surface area contributed by atoms with Crippen molar-refractivity contribution in [3.63, 3.8) is 0 Å². The molecule has 0 bridgehead atoms. The van der Waals surface area contributed by atoms with Gasteiger partial charge in [-0.25, -0.2) is 0 Å². The summed E-state index contributed by atoms with van der Waals surface area (Å²) in [6, 6.07) is 0. The van der Waals surface area contributed by atoms with E-state index in [9.17, 15) is 4.79 Å². The van der Waals surface area contributed by atoms with Crippen LogP contribution in [0.3, 0.4) is 0 Å². The predicted octanol–water partition coefficient (Wildman–Crippen LogP) is 0.687. The van der Waals surface area contributed by atoms with E-state index in [0.717, 1.165) is 5.82 Å². The Balaban J connectivity index is 2.34. The molecular formula is C13H22N6O. The van der Waals surface area contributed by atoms with E-state index in [1.54, 1.807) is 4.90 Å². The van der Waals surface area contributed by atoms with Crippen molar-refractivity contribution in [1.82, 2.24) is 19.9 Å². The lowest BCUT2D eigenvalue weighted by molar-refractivity contribution is -0.126. The SMILES string of the molecule is CCN1CN(c2nc(C(C)C)nc(N(C)C)n2)CC1=O. The van der Waals surface area contributed by atoms with Crippen LogP contribution in [0.4, 0.5) is 11.9 Å². The molecule has 0 spiro atoms. The van der Waals surface area contributed by atoms with Crippen molar-refractivity contribution in [1.29, 1.82) is 0 Å². The number of carbonyl (C=O) groups is 1. The largest absolute Gasteiger partial charge is 0.347 e. The first-order valence-corrected chi connectivity index (χ1v) is 6.88. The van der Waals surface area contributed by atoms with Crippen LogP contribution in [0.1, 0.15) is 32.5 Å². The minimum absolute atomic E-state index is 0.116. The van der Waals surface area contributed by atoms with E-state index in [4.69, 9.17) is 0 Å². The van der Waals surface area contributed by atoms with Crippen molar-refractivity contribution in [2.75, 3.05) is 43.7 Å². The van der Waals surface area contributed by atoms with Gasteiger partial charge in [0.15, 0.2) is 0 Å². The molecule has 1 aromatic heterocycles. The molecule has 0 radical (unpaired) electrons. The Bertz CT molecular complexity index is 475. The Hall–Kier alpha value is -1.92. The van der Waals surface area contributed by atoms with Crippen LogP contribution in [0.15, 0.2) is 0 Å². The van der Waals surface area contributed by atoms with E-state index in [2.05, 4.69) is 15.0 Å². The number of carbonyl (C=O) groups excluding carboxylic acids is 1. The molecule has 1 saturated heterocycles. The lowest BCUT2D eigenvalue weighted by atomic mass is 10.2. The van der Waals surface area contributed by atoms with Crippen molar-refractivity contribution in [2.45, 2.75) is 26.7 Å². The van der Waals surface area contributed by atoms with Gasteiger partial charge >= 0.3 is 0 Å². The molecule has 0 saturated carbocycles. The van der Waals surface area contributed by atoms with Gasteiger partial charge < -0.3 is 14.7 Å². The van der Waals surface area contributed by atoms with Crippen LogP contribution in [0, 0.1) is 0 Å². The normalized spacial score (nSPS) is 15.4. The van der Waals surface area contributed by atoms with E-state index >= 15 is 0 Å². The number of nitrogens with zero attached hydrogens (tertiary/aromatic N) is 6. The lowest BCUT2D eigenvalue weighted by Crippen LogP contribution is -2.28. The molecule has 1 aromatic rings. The highest BCUT2D eigenvalue weighted by atomic mass is 16.2. The topological polar surface area (TPSA) is 65.5 Å². The Labute approximate surface area is 119 Å². The average Bonchev–Trinajstić information content (AvgIpc) is 2.79. The highest BCUT2D eigenvalue weighted by Crippen LogP contribution is 2.20. The highest BCUT2D eigenvalue weighted by Gasteiger charge is 2.28. The Kier molecular flexibility index (Phi) is 4.06. The van der Waals surface area contributed by atoms with Gasteiger partial charge in [0.05, 0.1) is 6.67 Å². The zero-order valence-electron chi connectivity index (χ0n) is 12.8. The third kappa shape index (κ3) is 2.81. The monoisotopic (exact) mass is 278 g/mol. The summed E-state index contributed by atoms with van der Waals surface area (Å²) in [6.07, 6.45) is 0. The number of hydrogen-bond acceptors (Lipinski definition) is 6. The minimum Gasteiger partial charge on any atom is -0.347 e. The van der Waals surface area contributed by atoms with Crippen LogP contribution in [0.5, 0.6) is 0 Å². The Morgan fingerprint density at radius 1 is 1.25 bits per heavy atom. The van der Waals surface area contributed by atoms with Gasteiger partial charge in [-0.1, -0.05) is 13.8 Å². The van der Waals surface area contributed by atoms with Crippen molar-refractivity contribution in [3.8, 4) is 0 Å². The molecule has 1 aliphatic rings. The molecule has 0 aromatic carbocycles. The standard InChI is InChI=1S/C13H22N6O/c1-6-18-8-19(7-10(18)20)13-15-11(9(2)3)14-12(16-13)17(4)5/h9H,6-8H2,1-5H3. The maximum atomic E-state index is 11.8. The molecule has 2 rings (SSSR count). The summed E-state index contributed by atoms with van der Waals surface area (Å²) in [4.78, 5) is 30.8. The van der Waals surface area contributed by atoms with Crippen LogP contribution in [0.25, 0.3) is 0 Å². The van der Waals surface area contributed by atoms with Crippen LogP contribution >= 0.6 is 0 Å². The molecule has 20 heavy (non-hydrogen) atoms. The fraction of sp³-hybridized carbons (Fsp3) is 0.692. The van der Waals surface area contributed by atoms with Gasteiger partial charge in [0, 0.05) is 26.6 Å². The minimum atomic E-state index is 0.116. The third-order valence-electron chi connectivity index (χ3n) is 3.23. The zero-order valence-corrected chi connectivity index (χ0v) is 12.8. The van der Waals surface area contributed by atoms with Crippen molar-refractivity contribution < 1.29 is 4.79 Å². The smallest absolute Gasteiger partial charge is 0.243 e. The van der Waals surface area contributed by atoms with Crippen molar-refractivity contribution >= 4 is 17.8 Å². The van der Waals surface area contributed by atoms with Gasteiger partial charge in [-0.2, -0.15) is 15.0 Å². The number of anilines is 2. The molecule has 0 aliphatic carbocycles. The summed E-state index contributed by atoms with van der Waals surface area (Å²) in [5.74, 6) is 2.29. The van der Waals surface area contributed by atoms with E-state index in [1.165, 1.54) is 0 Å². The van der Waals surface area contributed by atoms with E-state index in [1.807, 2.05) is 44.7 Å². The number of rotatable bonds is 4. The molecule has 1 aliphatic heterocycles. The average molecular weight is 278 g/mol. The van der Waals surface area contributed by atoms with E-state index in [-0.39, 0.29) is 11.8 Å². The second-order valence-corrected chi connectivity index (χ2v) is 5.43. The predicted molar refractivity (Wildman–Crippen MR) is 77.8 cm³/mol.